The number of aliphatic imine (C=N–C) groups is 2. The highest BCUT2D eigenvalue weighted by Gasteiger charge is 2.21. The molecule has 7 aromatic rings. The fourth-order valence-corrected chi connectivity index (χ4v) is 5.82. The SMILES string of the molecule is c1ccc(C2=NC(c3ccc(-n4c5ccccc5c5ccccc54)cc3)N=C(c3ccc4ccccc4c3)N2)cc1. The molecule has 0 spiro atoms. The number of nitrogens with zero attached hydrogens (tertiary/aromatic N) is 3. The summed E-state index contributed by atoms with van der Waals surface area (Å²) in [5, 5.41) is 8.43. The number of aromatic nitrogens is 1. The fourth-order valence-electron chi connectivity index (χ4n) is 5.82. The van der Waals surface area contributed by atoms with E-state index in [0.29, 0.717) is 0 Å². The average Bonchev–Trinajstić information content (AvgIpc) is 3.39. The molecular weight excluding hydrogens is 500 g/mol. The third kappa shape index (κ3) is 4.09. The summed E-state index contributed by atoms with van der Waals surface area (Å²) < 4.78 is 2.33. The van der Waals surface area contributed by atoms with Crippen LogP contribution in [-0.4, -0.2) is 16.2 Å². The quantitative estimate of drug-likeness (QED) is 0.246. The molecule has 1 N–H and O–H groups in total. The number of rotatable bonds is 4. The molecule has 0 saturated heterocycles. The second kappa shape index (κ2) is 9.61. The van der Waals surface area contributed by atoms with Crippen LogP contribution in [0.4, 0.5) is 0 Å². The minimum atomic E-state index is -0.361. The maximum Gasteiger partial charge on any atom is 0.169 e. The van der Waals surface area contributed by atoms with Crippen molar-refractivity contribution >= 4 is 44.2 Å². The normalized spacial score (nSPS) is 15.1. The second-order valence-electron chi connectivity index (χ2n) is 10.3. The van der Waals surface area contributed by atoms with Crippen molar-refractivity contribution in [3.05, 3.63) is 162 Å². The Balaban J connectivity index is 1.22. The zero-order valence-corrected chi connectivity index (χ0v) is 22.3. The highest BCUT2D eigenvalue weighted by molar-refractivity contribution is 6.16. The Morgan fingerprint density at radius 3 is 1.78 bits per heavy atom. The van der Waals surface area contributed by atoms with Crippen molar-refractivity contribution in [3.8, 4) is 5.69 Å². The number of nitrogens with one attached hydrogen (secondary N) is 1. The smallest absolute Gasteiger partial charge is 0.169 e. The van der Waals surface area contributed by atoms with Crippen LogP contribution in [0.2, 0.25) is 0 Å². The van der Waals surface area contributed by atoms with Crippen molar-refractivity contribution in [3.63, 3.8) is 0 Å². The van der Waals surface area contributed by atoms with Crippen molar-refractivity contribution in [2.75, 3.05) is 0 Å². The van der Waals surface area contributed by atoms with Gasteiger partial charge in [0.05, 0.1) is 11.0 Å². The molecular formula is C37H26N4. The van der Waals surface area contributed by atoms with Gasteiger partial charge in [0.1, 0.15) is 11.7 Å². The average molecular weight is 527 g/mol. The predicted octanol–water partition coefficient (Wildman–Crippen LogP) is 8.43. The lowest BCUT2D eigenvalue weighted by atomic mass is 10.0. The number of benzene rings is 6. The van der Waals surface area contributed by atoms with E-state index in [2.05, 4.69) is 137 Å². The van der Waals surface area contributed by atoms with Gasteiger partial charge < -0.3 is 9.88 Å². The molecule has 41 heavy (non-hydrogen) atoms. The van der Waals surface area contributed by atoms with Gasteiger partial charge in [-0.25, -0.2) is 9.98 Å². The summed E-state index contributed by atoms with van der Waals surface area (Å²) in [6.07, 6.45) is -0.361. The van der Waals surface area contributed by atoms with Gasteiger partial charge in [0.25, 0.3) is 0 Å². The van der Waals surface area contributed by atoms with Gasteiger partial charge in [-0.2, -0.15) is 0 Å². The molecule has 0 amide bonds. The fraction of sp³-hybridized carbons (Fsp3) is 0.0270. The Labute approximate surface area is 237 Å². The molecule has 4 heteroatoms. The van der Waals surface area contributed by atoms with Crippen LogP contribution in [0.25, 0.3) is 38.3 Å². The van der Waals surface area contributed by atoms with Crippen LogP contribution in [0.3, 0.4) is 0 Å². The highest BCUT2D eigenvalue weighted by Crippen LogP contribution is 2.33. The zero-order chi connectivity index (χ0) is 27.2. The molecule has 1 aliphatic rings. The molecule has 6 aromatic carbocycles. The largest absolute Gasteiger partial charge is 0.324 e. The molecule has 1 atom stereocenters. The van der Waals surface area contributed by atoms with Crippen molar-refractivity contribution in [2.45, 2.75) is 6.17 Å². The predicted molar refractivity (Wildman–Crippen MR) is 170 cm³/mol. The van der Waals surface area contributed by atoms with E-state index in [-0.39, 0.29) is 6.17 Å². The first-order valence-corrected chi connectivity index (χ1v) is 13.9. The molecule has 0 bridgehead atoms. The monoisotopic (exact) mass is 526 g/mol. The molecule has 194 valence electrons. The first-order valence-electron chi connectivity index (χ1n) is 13.9. The van der Waals surface area contributed by atoms with Crippen molar-refractivity contribution in [1.82, 2.24) is 9.88 Å². The standard InChI is InChI=1S/C37H26N4/c1-2-11-26(12-3-1)35-38-36(40-37(39-35)29-19-18-25-10-4-5-13-28(25)24-29)27-20-22-30(23-21-27)41-33-16-8-6-14-31(33)32-15-7-9-17-34(32)41/h1-24,36H,(H,38,39,40). The van der Waals surface area contributed by atoms with Crippen molar-refractivity contribution in [1.29, 1.82) is 0 Å². The van der Waals surface area contributed by atoms with Gasteiger partial charge in [-0.3, -0.25) is 0 Å². The van der Waals surface area contributed by atoms with E-state index in [1.807, 2.05) is 18.2 Å². The number of amidine groups is 2. The molecule has 0 fully saturated rings. The van der Waals surface area contributed by atoms with E-state index in [4.69, 9.17) is 9.98 Å². The van der Waals surface area contributed by atoms with Gasteiger partial charge in [-0.05, 0) is 46.7 Å². The van der Waals surface area contributed by atoms with Crippen LogP contribution >= 0.6 is 0 Å². The lowest BCUT2D eigenvalue weighted by molar-refractivity contribution is 0.755. The van der Waals surface area contributed by atoms with Crippen LogP contribution in [0.1, 0.15) is 22.9 Å². The number of para-hydroxylation sites is 2. The lowest BCUT2D eigenvalue weighted by Crippen LogP contribution is -2.36. The molecule has 0 aliphatic carbocycles. The Bertz CT molecular complexity index is 2070. The molecule has 0 saturated carbocycles. The summed E-state index contributed by atoms with van der Waals surface area (Å²) in [7, 11) is 0. The molecule has 1 aromatic heterocycles. The molecule has 2 heterocycles. The minimum absolute atomic E-state index is 0.361. The van der Waals surface area contributed by atoms with Crippen LogP contribution in [0.5, 0.6) is 0 Å². The summed E-state index contributed by atoms with van der Waals surface area (Å²) >= 11 is 0. The molecule has 4 nitrogen and oxygen atoms in total. The van der Waals surface area contributed by atoms with E-state index in [1.165, 1.54) is 32.6 Å². The van der Waals surface area contributed by atoms with Crippen LogP contribution < -0.4 is 5.32 Å². The Kier molecular flexibility index (Phi) is 5.49. The van der Waals surface area contributed by atoms with E-state index in [1.54, 1.807) is 0 Å². The van der Waals surface area contributed by atoms with Gasteiger partial charge >= 0.3 is 0 Å². The molecule has 1 aliphatic heterocycles. The maximum atomic E-state index is 5.11. The van der Waals surface area contributed by atoms with E-state index < -0.39 is 0 Å². The highest BCUT2D eigenvalue weighted by atomic mass is 15.2. The minimum Gasteiger partial charge on any atom is -0.324 e. The third-order valence-electron chi connectivity index (χ3n) is 7.84. The van der Waals surface area contributed by atoms with Crippen LogP contribution in [-0.2, 0) is 0 Å². The Morgan fingerprint density at radius 1 is 0.488 bits per heavy atom. The molecule has 1 unspecified atom stereocenters. The Morgan fingerprint density at radius 2 is 1.07 bits per heavy atom. The summed E-state index contributed by atoms with van der Waals surface area (Å²) in [6, 6.07) is 51.0. The summed E-state index contributed by atoms with van der Waals surface area (Å²) in [5.41, 5.74) is 6.63. The van der Waals surface area contributed by atoms with Gasteiger partial charge in [0.15, 0.2) is 6.17 Å². The summed E-state index contributed by atoms with van der Waals surface area (Å²) in [5.74, 6) is 1.64. The van der Waals surface area contributed by atoms with Crippen LogP contribution in [0, 0.1) is 0 Å². The van der Waals surface area contributed by atoms with E-state index in [9.17, 15) is 0 Å². The van der Waals surface area contributed by atoms with E-state index >= 15 is 0 Å². The van der Waals surface area contributed by atoms with Crippen molar-refractivity contribution in [2.24, 2.45) is 9.98 Å². The zero-order valence-electron chi connectivity index (χ0n) is 22.3. The second-order valence-corrected chi connectivity index (χ2v) is 10.3. The first kappa shape index (κ1) is 23.4. The number of fused-ring (bicyclic) bond motifs is 4. The van der Waals surface area contributed by atoms with Gasteiger partial charge in [-0.15, -0.1) is 0 Å². The van der Waals surface area contributed by atoms with Gasteiger partial charge in [0, 0.05) is 27.6 Å². The molecule has 0 radical (unpaired) electrons. The summed E-state index contributed by atoms with van der Waals surface area (Å²) in [4.78, 5) is 10.2. The van der Waals surface area contributed by atoms with Gasteiger partial charge in [-0.1, -0.05) is 115 Å². The van der Waals surface area contributed by atoms with E-state index in [0.717, 1.165) is 34.0 Å². The van der Waals surface area contributed by atoms with Gasteiger partial charge in [0.2, 0.25) is 0 Å². The third-order valence-corrected chi connectivity index (χ3v) is 7.84. The number of hydrogen-bond acceptors (Lipinski definition) is 3. The Hall–Kier alpha value is -5.48. The first-order chi connectivity index (χ1) is 20.3. The topological polar surface area (TPSA) is 41.7 Å². The maximum absolute atomic E-state index is 5.11. The van der Waals surface area contributed by atoms with Crippen LogP contribution in [0.15, 0.2) is 156 Å². The lowest BCUT2D eigenvalue weighted by Gasteiger charge is -2.22. The molecule has 8 rings (SSSR count). The summed E-state index contributed by atoms with van der Waals surface area (Å²) in [6.45, 7) is 0. The van der Waals surface area contributed by atoms with Crippen molar-refractivity contribution < 1.29 is 0 Å². The number of hydrogen-bond donors (Lipinski definition) is 1.